The number of aryl methyl sites for hydroxylation is 1. The number of morpholine rings is 1. The largest absolute Gasteiger partial charge is 0.464 e. The number of rotatable bonds is 6. The molecule has 136 valence electrons. The fraction of sp³-hybridized carbons (Fsp3) is 0.789. The van der Waals surface area contributed by atoms with E-state index in [0.717, 1.165) is 56.6 Å². The maximum atomic E-state index is 10.6. The van der Waals surface area contributed by atoms with Crippen molar-refractivity contribution in [3.63, 3.8) is 0 Å². The molecule has 0 amide bonds. The van der Waals surface area contributed by atoms with Gasteiger partial charge in [0.2, 0.25) is 0 Å². The highest BCUT2D eigenvalue weighted by atomic mass is 16.5. The van der Waals surface area contributed by atoms with Crippen LogP contribution in [-0.4, -0.2) is 66.9 Å². The second kappa shape index (κ2) is 8.48. The van der Waals surface area contributed by atoms with Crippen molar-refractivity contribution >= 4 is 0 Å². The fourth-order valence-electron chi connectivity index (χ4n) is 3.75. The molecule has 0 aromatic carbocycles. The van der Waals surface area contributed by atoms with Crippen LogP contribution in [0.4, 0.5) is 0 Å². The highest BCUT2D eigenvalue weighted by Gasteiger charge is 2.29. The SMILES string of the molecule is CCc1ccc(C2COCCN2CC(O)CN2CCC(C)CC2)o1. The summed E-state index contributed by atoms with van der Waals surface area (Å²) in [5.41, 5.74) is 0. The first-order valence-corrected chi connectivity index (χ1v) is 9.46. The van der Waals surface area contributed by atoms with Gasteiger partial charge < -0.3 is 19.2 Å². The number of furan rings is 1. The van der Waals surface area contributed by atoms with Crippen molar-refractivity contribution in [2.24, 2.45) is 5.92 Å². The van der Waals surface area contributed by atoms with Crippen molar-refractivity contribution in [2.45, 2.75) is 45.3 Å². The van der Waals surface area contributed by atoms with Gasteiger partial charge >= 0.3 is 0 Å². The number of likely N-dealkylation sites (tertiary alicyclic amines) is 1. The molecule has 1 aromatic rings. The number of ether oxygens (including phenoxy) is 1. The first-order valence-electron chi connectivity index (χ1n) is 9.46. The molecule has 0 aliphatic carbocycles. The molecule has 2 aliphatic heterocycles. The zero-order chi connectivity index (χ0) is 16.9. The molecule has 0 radical (unpaired) electrons. The van der Waals surface area contributed by atoms with E-state index in [0.29, 0.717) is 13.2 Å². The molecule has 2 saturated heterocycles. The Hall–Kier alpha value is -0.880. The van der Waals surface area contributed by atoms with E-state index < -0.39 is 0 Å². The van der Waals surface area contributed by atoms with Crippen LogP contribution in [0.3, 0.4) is 0 Å². The van der Waals surface area contributed by atoms with Crippen LogP contribution in [0, 0.1) is 5.92 Å². The minimum Gasteiger partial charge on any atom is -0.464 e. The van der Waals surface area contributed by atoms with E-state index in [-0.39, 0.29) is 12.1 Å². The van der Waals surface area contributed by atoms with Crippen molar-refractivity contribution < 1.29 is 14.3 Å². The lowest BCUT2D eigenvalue weighted by Gasteiger charge is -2.37. The van der Waals surface area contributed by atoms with Gasteiger partial charge in [0.25, 0.3) is 0 Å². The van der Waals surface area contributed by atoms with E-state index in [1.165, 1.54) is 12.8 Å². The van der Waals surface area contributed by atoms with Crippen LogP contribution in [-0.2, 0) is 11.2 Å². The summed E-state index contributed by atoms with van der Waals surface area (Å²) < 4.78 is 11.6. The third-order valence-corrected chi connectivity index (χ3v) is 5.39. The van der Waals surface area contributed by atoms with Crippen LogP contribution in [0.2, 0.25) is 0 Å². The van der Waals surface area contributed by atoms with Crippen LogP contribution in [0.1, 0.15) is 44.3 Å². The zero-order valence-corrected chi connectivity index (χ0v) is 15.1. The Morgan fingerprint density at radius 1 is 1.21 bits per heavy atom. The predicted molar refractivity (Wildman–Crippen MR) is 94.1 cm³/mol. The Bertz CT molecular complexity index is 497. The zero-order valence-electron chi connectivity index (χ0n) is 15.1. The normalized spacial score (nSPS) is 25.9. The molecule has 1 aromatic heterocycles. The van der Waals surface area contributed by atoms with Gasteiger partial charge in [0, 0.05) is 26.1 Å². The molecule has 2 fully saturated rings. The summed E-state index contributed by atoms with van der Waals surface area (Å²) in [6.45, 7) is 10.3. The van der Waals surface area contributed by atoms with Gasteiger partial charge in [-0.1, -0.05) is 13.8 Å². The molecule has 2 aliphatic rings. The summed E-state index contributed by atoms with van der Waals surface area (Å²) in [6.07, 6.45) is 3.08. The fourth-order valence-corrected chi connectivity index (χ4v) is 3.75. The maximum absolute atomic E-state index is 10.6. The number of aliphatic hydroxyl groups excluding tert-OH is 1. The molecule has 5 nitrogen and oxygen atoms in total. The van der Waals surface area contributed by atoms with Crippen molar-refractivity contribution in [3.8, 4) is 0 Å². The molecule has 0 saturated carbocycles. The topological polar surface area (TPSA) is 49.1 Å². The van der Waals surface area contributed by atoms with E-state index in [1.807, 2.05) is 6.07 Å². The molecular weight excluding hydrogens is 304 g/mol. The molecule has 5 heteroatoms. The second-order valence-corrected chi connectivity index (χ2v) is 7.38. The highest BCUT2D eigenvalue weighted by Crippen LogP contribution is 2.26. The predicted octanol–water partition coefficient (Wildman–Crippen LogP) is 2.31. The average molecular weight is 336 g/mol. The molecule has 24 heavy (non-hydrogen) atoms. The van der Waals surface area contributed by atoms with Gasteiger partial charge in [-0.15, -0.1) is 0 Å². The number of aliphatic hydroxyl groups is 1. The summed E-state index contributed by atoms with van der Waals surface area (Å²) in [5.74, 6) is 2.80. The highest BCUT2D eigenvalue weighted by molar-refractivity contribution is 5.11. The molecule has 3 rings (SSSR count). The van der Waals surface area contributed by atoms with Crippen molar-refractivity contribution in [1.82, 2.24) is 9.80 Å². The van der Waals surface area contributed by atoms with Crippen LogP contribution in [0.5, 0.6) is 0 Å². The van der Waals surface area contributed by atoms with Crippen molar-refractivity contribution in [1.29, 1.82) is 0 Å². The molecule has 2 atom stereocenters. The molecule has 1 N–H and O–H groups in total. The monoisotopic (exact) mass is 336 g/mol. The lowest BCUT2D eigenvalue weighted by atomic mass is 9.99. The maximum Gasteiger partial charge on any atom is 0.123 e. The molecule has 3 heterocycles. The van der Waals surface area contributed by atoms with Gasteiger partial charge in [-0.25, -0.2) is 0 Å². The van der Waals surface area contributed by atoms with E-state index in [1.54, 1.807) is 0 Å². The Morgan fingerprint density at radius 2 is 2.00 bits per heavy atom. The van der Waals surface area contributed by atoms with Crippen LogP contribution in [0.15, 0.2) is 16.5 Å². The van der Waals surface area contributed by atoms with Gasteiger partial charge in [-0.3, -0.25) is 4.90 Å². The smallest absolute Gasteiger partial charge is 0.123 e. The Kier molecular flexibility index (Phi) is 6.33. The third-order valence-electron chi connectivity index (χ3n) is 5.39. The summed E-state index contributed by atoms with van der Waals surface area (Å²) >= 11 is 0. The van der Waals surface area contributed by atoms with Gasteiger partial charge in [0.15, 0.2) is 0 Å². The van der Waals surface area contributed by atoms with Crippen LogP contribution < -0.4 is 0 Å². The standard InChI is InChI=1S/C19H32N2O3/c1-3-17-4-5-19(24-17)18-14-23-11-10-21(18)13-16(22)12-20-8-6-15(2)7-9-20/h4-5,15-16,18,22H,3,6-14H2,1-2H3. The summed E-state index contributed by atoms with van der Waals surface area (Å²) in [6, 6.07) is 4.23. The van der Waals surface area contributed by atoms with Gasteiger partial charge in [0.1, 0.15) is 11.5 Å². The molecule has 0 bridgehead atoms. The first-order chi connectivity index (χ1) is 11.7. The van der Waals surface area contributed by atoms with Crippen molar-refractivity contribution in [3.05, 3.63) is 23.7 Å². The summed E-state index contributed by atoms with van der Waals surface area (Å²) in [7, 11) is 0. The lowest BCUT2D eigenvalue weighted by molar-refractivity contribution is -0.0395. The van der Waals surface area contributed by atoms with Gasteiger partial charge in [0.05, 0.1) is 25.4 Å². The quantitative estimate of drug-likeness (QED) is 0.864. The van der Waals surface area contributed by atoms with E-state index >= 15 is 0 Å². The van der Waals surface area contributed by atoms with Gasteiger partial charge in [-0.2, -0.15) is 0 Å². The summed E-state index contributed by atoms with van der Waals surface area (Å²) in [4.78, 5) is 4.72. The average Bonchev–Trinajstić information content (AvgIpc) is 3.06. The van der Waals surface area contributed by atoms with Crippen LogP contribution >= 0.6 is 0 Å². The Morgan fingerprint density at radius 3 is 2.71 bits per heavy atom. The summed E-state index contributed by atoms with van der Waals surface area (Å²) in [5, 5.41) is 10.6. The van der Waals surface area contributed by atoms with E-state index in [4.69, 9.17) is 9.15 Å². The van der Waals surface area contributed by atoms with Crippen molar-refractivity contribution in [2.75, 3.05) is 45.9 Å². The Balaban J connectivity index is 1.55. The lowest BCUT2D eigenvalue weighted by Crippen LogP contribution is -2.47. The minimum atomic E-state index is -0.320. The minimum absolute atomic E-state index is 0.120. The Labute approximate surface area is 145 Å². The number of hydrogen-bond donors (Lipinski definition) is 1. The number of β-amino-alcohol motifs (C(OH)–C–C–N with tert-alkyl or cyclic N) is 1. The van der Waals surface area contributed by atoms with E-state index in [9.17, 15) is 5.11 Å². The van der Waals surface area contributed by atoms with Gasteiger partial charge in [-0.05, 0) is 44.0 Å². The molecule has 0 spiro atoms. The first kappa shape index (κ1) is 17.9. The molecular formula is C19H32N2O3. The third kappa shape index (κ3) is 4.60. The molecule has 2 unspecified atom stereocenters. The second-order valence-electron chi connectivity index (χ2n) is 7.38. The van der Waals surface area contributed by atoms with Crippen LogP contribution in [0.25, 0.3) is 0 Å². The van der Waals surface area contributed by atoms with E-state index in [2.05, 4.69) is 29.7 Å². The number of nitrogens with zero attached hydrogens (tertiary/aromatic N) is 2. The number of piperidine rings is 1. The number of hydrogen-bond acceptors (Lipinski definition) is 5.